The van der Waals surface area contributed by atoms with Crippen LogP contribution in [-0.2, 0) is 0 Å². The topological polar surface area (TPSA) is 18.8 Å². The zero-order valence-electron chi connectivity index (χ0n) is 13.2. The van der Waals surface area contributed by atoms with E-state index < -0.39 is 0 Å². The standard InChI is InChI=1S/C16H25N3S.HI/c1-4-17-16(18(2)3)19-11-10-14(12-19)13-20-15-8-6-5-7-9-15;/h5-9,14H,4,10-13H2,1-3H3;1H. The van der Waals surface area contributed by atoms with E-state index >= 15 is 0 Å². The second-order valence-electron chi connectivity index (χ2n) is 5.39. The molecule has 5 heteroatoms. The molecule has 1 aliphatic rings. The molecule has 1 fully saturated rings. The van der Waals surface area contributed by atoms with Crippen LogP contribution in [0.1, 0.15) is 13.3 Å². The molecule has 0 aliphatic carbocycles. The number of guanidine groups is 1. The van der Waals surface area contributed by atoms with Crippen molar-refractivity contribution >= 4 is 41.7 Å². The molecule has 0 N–H and O–H groups in total. The van der Waals surface area contributed by atoms with E-state index in [2.05, 4.69) is 66.1 Å². The van der Waals surface area contributed by atoms with Crippen molar-refractivity contribution in [3.63, 3.8) is 0 Å². The second-order valence-corrected chi connectivity index (χ2v) is 6.49. The average molecular weight is 419 g/mol. The van der Waals surface area contributed by atoms with Crippen LogP contribution in [-0.4, -0.2) is 55.2 Å². The number of halogens is 1. The summed E-state index contributed by atoms with van der Waals surface area (Å²) in [5, 5.41) is 0. The van der Waals surface area contributed by atoms with E-state index in [9.17, 15) is 0 Å². The van der Waals surface area contributed by atoms with Gasteiger partial charge < -0.3 is 9.80 Å². The van der Waals surface area contributed by atoms with Crippen LogP contribution >= 0.6 is 35.7 Å². The summed E-state index contributed by atoms with van der Waals surface area (Å²) >= 11 is 1.97. The van der Waals surface area contributed by atoms with Crippen molar-refractivity contribution in [3.05, 3.63) is 30.3 Å². The van der Waals surface area contributed by atoms with Crippen LogP contribution in [0.2, 0.25) is 0 Å². The van der Waals surface area contributed by atoms with Gasteiger partial charge in [-0.15, -0.1) is 35.7 Å². The second kappa shape index (κ2) is 9.56. The summed E-state index contributed by atoms with van der Waals surface area (Å²) in [5.74, 6) is 3.11. The fraction of sp³-hybridized carbons (Fsp3) is 0.562. The summed E-state index contributed by atoms with van der Waals surface area (Å²) in [6.45, 7) is 5.23. The van der Waals surface area contributed by atoms with Gasteiger partial charge in [-0.1, -0.05) is 18.2 Å². The number of nitrogens with zero attached hydrogens (tertiary/aromatic N) is 3. The molecule has 3 nitrogen and oxygen atoms in total. The van der Waals surface area contributed by atoms with Crippen LogP contribution in [0.3, 0.4) is 0 Å². The molecule has 0 spiro atoms. The molecule has 21 heavy (non-hydrogen) atoms. The molecule has 1 aliphatic heterocycles. The van der Waals surface area contributed by atoms with Crippen molar-refractivity contribution in [2.24, 2.45) is 10.9 Å². The highest BCUT2D eigenvalue weighted by Gasteiger charge is 2.25. The number of hydrogen-bond donors (Lipinski definition) is 0. The van der Waals surface area contributed by atoms with Crippen LogP contribution in [0.15, 0.2) is 40.2 Å². The third-order valence-corrected chi connectivity index (χ3v) is 4.74. The highest BCUT2D eigenvalue weighted by molar-refractivity contribution is 14.0. The van der Waals surface area contributed by atoms with Gasteiger partial charge in [0.2, 0.25) is 0 Å². The first kappa shape index (κ1) is 18.6. The normalized spacial score (nSPS) is 18.5. The van der Waals surface area contributed by atoms with E-state index in [4.69, 9.17) is 0 Å². The summed E-state index contributed by atoms with van der Waals surface area (Å²) in [7, 11) is 4.17. The number of benzene rings is 1. The van der Waals surface area contributed by atoms with Gasteiger partial charge in [-0.2, -0.15) is 0 Å². The molecule has 0 bridgehead atoms. The zero-order chi connectivity index (χ0) is 14.4. The summed E-state index contributed by atoms with van der Waals surface area (Å²) in [6, 6.07) is 10.7. The van der Waals surface area contributed by atoms with E-state index in [1.165, 1.54) is 17.1 Å². The predicted molar refractivity (Wildman–Crippen MR) is 104 cm³/mol. The summed E-state index contributed by atoms with van der Waals surface area (Å²) < 4.78 is 0. The van der Waals surface area contributed by atoms with Gasteiger partial charge in [0.05, 0.1) is 0 Å². The molecule has 0 radical (unpaired) electrons. The minimum absolute atomic E-state index is 0. The van der Waals surface area contributed by atoms with Crippen LogP contribution in [0.4, 0.5) is 0 Å². The lowest BCUT2D eigenvalue weighted by molar-refractivity contribution is 0.417. The first-order chi connectivity index (χ1) is 9.70. The maximum absolute atomic E-state index is 4.62. The first-order valence-electron chi connectivity index (χ1n) is 7.35. The van der Waals surface area contributed by atoms with Crippen LogP contribution in [0.25, 0.3) is 0 Å². The first-order valence-corrected chi connectivity index (χ1v) is 8.33. The summed E-state index contributed by atoms with van der Waals surface area (Å²) in [4.78, 5) is 10.6. The molecular formula is C16H26IN3S. The van der Waals surface area contributed by atoms with Crippen LogP contribution < -0.4 is 0 Å². The lowest BCUT2D eigenvalue weighted by Gasteiger charge is -2.26. The van der Waals surface area contributed by atoms with E-state index in [1.54, 1.807) is 0 Å². The molecule has 1 saturated heterocycles. The van der Waals surface area contributed by atoms with E-state index in [0.717, 1.165) is 31.5 Å². The molecule has 1 unspecified atom stereocenters. The van der Waals surface area contributed by atoms with Gasteiger partial charge in [0, 0.05) is 44.4 Å². The smallest absolute Gasteiger partial charge is 0.196 e. The minimum Gasteiger partial charge on any atom is -0.349 e. The van der Waals surface area contributed by atoms with E-state index in [1.807, 2.05) is 11.8 Å². The van der Waals surface area contributed by atoms with Crippen LogP contribution in [0.5, 0.6) is 0 Å². The van der Waals surface area contributed by atoms with Crippen molar-refractivity contribution in [1.82, 2.24) is 9.80 Å². The van der Waals surface area contributed by atoms with Gasteiger partial charge in [0.25, 0.3) is 0 Å². The quantitative estimate of drug-likeness (QED) is 0.321. The summed E-state index contributed by atoms with van der Waals surface area (Å²) in [6.07, 6.45) is 1.27. The molecule has 0 saturated carbocycles. The maximum atomic E-state index is 4.62. The number of rotatable bonds is 4. The Hall–Kier alpha value is -0.430. The largest absolute Gasteiger partial charge is 0.349 e. The maximum Gasteiger partial charge on any atom is 0.196 e. The van der Waals surface area contributed by atoms with Gasteiger partial charge in [-0.3, -0.25) is 4.99 Å². The average Bonchev–Trinajstić information content (AvgIpc) is 2.92. The molecule has 1 heterocycles. The molecule has 118 valence electrons. The fourth-order valence-corrected chi connectivity index (χ4v) is 3.60. The highest BCUT2D eigenvalue weighted by atomic mass is 127. The Morgan fingerprint density at radius 3 is 2.67 bits per heavy atom. The fourth-order valence-electron chi connectivity index (χ4n) is 2.55. The third kappa shape index (κ3) is 5.70. The predicted octanol–water partition coefficient (Wildman–Crippen LogP) is 3.66. The van der Waals surface area contributed by atoms with E-state index in [-0.39, 0.29) is 24.0 Å². The highest BCUT2D eigenvalue weighted by Crippen LogP contribution is 2.26. The Bertz CT molecular complexity index is 436. The molecule has 0 aromatic heterocycles. The number of likely N-dealkylation sites (tertiary alicyclic amines) is 1. The van der Waals surface area contributed by atoms with Gasteiger partial charge >= 0.3 is 0 Å². The Labute approximate surface area is 150 Å². The molecule has 1 aromatic rings. The van der Waals surface area contributed by atoms with Crippen molar-refractivity contribution in [3.8, 4) is 0 Å². The van der Waals surface area contributed by atoms with Gasteiger partial charge in [-0.05, 0) is 31.4 Å². The lowest BCUT2D eigenvalue weighted by Crippen LogP contribution is -2.39. The van der Waals surface area contributed by atoms with Crippen molar-refractivity contribution in [2.75, 3.05) is 39.5 Å². The lowest BCUT2D eigenvalue weighted by atomic mass is 10.2. The van der Waals surface area contributed by atoms with Gasteiger partial charge in [-0.25, -0.2) is 0 Å². The van der Waals surface area contributed by atoms with Gasteiger partial charge in [0.1, 0.15) is 0 Å². The zero-order valence-corrected chi connectivity index (χ0v) is 16.3. The Kier molecular flexibility index (Phi) is 8.48. The SMILES string of the molecule is CCN=C(N(C)C)N1CCC(CSc2ccccc2)C1.I. The molecule has 1 atom stereocenters. The molecule has 1 aromatic carbocycles. The molecule has 0 amide bonds. The number of thioether (sulfide) groups is 1. The van der Waals surface area contributed by atoms with Gasteiger partial charge in [0.15, 0.2) is 5.96 Å². The van der Waals surface area contributed by atoms with Crippen molar-refractivity contribution in [2.45, 2.75) is 18.2 Å². The molecule has 2 rings (SSSR count). The summed E-state index contributed by atoms with van der Waals surface area (Å²) in [5.41, 5.74) is 0. The van der Waals surface area contributed by atoms with E-state index in [0.29, 0.717) is 0 Å². The van der Waals surface area contributed by atoms with Crippen molar-refractivity contribution < 1.29 is 0 Å². The minimum atomic E-state index is 0. The number of hydrogen-bond acceptors (Lipinski definition) is 2. The number of aliphatic imine (C=N–C) groups is 1. The molecular weight excluding hydrogens is 393 g/mol. The third-order valence-electron chi connectivity index (χ3n) is 3.50. The Morgan fingerprint density at radius 1 is 1.33 bits per heavy atom. The Balaban J connectivity index is 0.00000220. The van der Waals surface area contributed by atoms with Crippen molar-refractivity contribution in [1.29, 1.82) is 0 Å². The van der Waals surface area contributed by atoms with Crippen LogP contribution in [0, 0.1) is 5.92 Å². The monoisotopic (exact) mass is 419 g/mol. The Morgan fingerprint density at radius 2 is 2.05 bits per heavy atom.